The van der Waals surface area contributed by atoms with E-state index < -0.39 is 11.4 Å². The molecule has 1 aliphatic rings. The van der Waals surface area contributed by atoms with Gasteiger partial charge >= 0.3 is 12.0 Å². The summed E-state index contributed by atoms with van der Waals surface area (Å²) in [6.45, 7) is 2.77. The molecule has 1 heterocycles. The zero-order valence-corrected chi connectivity index (χ0v) is 8.54. The number of nitrogens with zero attached hydrogens (tertiary/aromatic N) is 1. The summed E-state index contributed by atoms with van der Waals surface area (Å²) in [5.41, 5.74) is -0.662. The van der Waals surface area contributed by atoms with E-state index in [1.54, 1.807) is 18.9 Å². The van der Waals surface area contributed by atoms with Crippen LogP contribution in [-0.4, -0.2) is 42.1 Å². The maximum Gasteiger partial charge on any atom is 0.317 e. The van der Waals surface area contributed by atoms with Gasteiger partial charge in [-0.15, -0.1) is 0 Å². The molecule has 0 unspecified atom stereocenters. The first-order valence-electron chi connectivity index (χ1n) is 4.70. The highest BCUT2D eigenvalue weighted by Gasteiger charge is 2.37. The Labute approximate surface area is 83.1 Å². The van der Waals surface area contributed by atoms with Gasteiger partial charge in [0, 0.05) is 20.1 Å². The molecule has 0 radical (unpaired) electrons. The van der Waals surface area contributed by atoms with Crippen LogP contribution in [0, 0.1) is 5.41 Å². The fourth-order valence-corrected chi connectivity index (χ4v) is 1.58. The van der Waals surface area contributed by atoms with E-state index in [0.717, 1.165) is 0 Å². The minimum Gasteiger partial charge on any atom is -0.481 e. The highest BCUT2D eigenvalue weighted by molar-refractivity contribution is 5.76. The normalized spacial score (nSPS) is 20.3. The molecule has 1 aliphatic heterocycles. The number of rotatable bonds is 1. The van der Waals surface area contributed by atoms with Crippen molar-refractivity contribution < 1.29 is 14.7 Å². The first-order valence-corrected chi connectivity index (χ1v) is 4.70. The maximum absolute atomic E-state index is 11.2. The number of piperidine rings is 1. The van der Waals surface area contributed by atoms with Gasteiger partial charge in [0.25, 0.3) is 0 Å². The number of carboxylic acid groups (broad SMARTS) is 1. The molecule has 0 saturated carbocycles. The van der Waals surface area contributed by atoms with Crippen LogP contribution < -0.4 is 5.32 Å². The van der Waals surface area contributed by atoms with Gasteiger partial charge in [0.05, 0.1) is 5.41 Å². The van der Waals surface area contributed by atoms with E-state index in [1.165, 1.54) is 0 Å². The van der Waals surface area contributed by atoms with Gasteiger partial charge in [-0.1, -0.05) is 0 Å². The highest BCUT2D eigenvalue weighted by Crippen LogP contribution is 2.30. The van der Waals surface area contributed by atoms with Crippen molar-refractivity contribution >= 4 is 12.0 Å². The lowest BCUT2D eigenvalue weighted by atomic mass is 9.80. The molecule has 80 valence electrons. The molecule has 0 aromatic heterocycles. The van der Waals surface area contributed by atoms with Gasteiger partial charge in [-0.05, 0) is 19.8 Å². The van der Waals surface area contributed by atoms with Crippen LogP contribution in [0.3, 0.4) is 0 Å². The zero-order valence-electron chi connectivity index (χ0n) is 8.54. The van der Waals surface area contributed by atoms with E-state index in [0.29, 0.717) is 25.9 Å². The summed E-state index contributed by atoms with van der Waals surface area (Å²) in [6.07, 6.45) is 1.05. The Morgan fingerprint density at radius 1 is 1.36 bits per heavy atom. The van der Waals surface area contributed by atoms with E-state index in [2.05, 4.69) is 5.32 Å². The van der Waals surface area contributed by atoms with Crippen LogP contribution in [0.2, 0.25) is 0 Å². The maximum atomic E-state index is 11.2. The minimum atomic E-state index is -0.769. The number of carbonyl (C=O) groups is 2. The average molecular weight is 200 g/mol. The van der Waals surface area contributed by atoms with Crippen LogP contribution >= 0.6 is 0 Å². The van der Waals surface area contributed by atoms with Crippen molar-refractivity contribution in [2.75, 3.05) is 20.1 Å². The van der Waals surface area contributed by atoms with Crippen molar-refractivity contribution in [3.05, 3.63) is 0 Å². The fourth-order valence-electron chi connectivity index (χ4n) is 1.58. The molecule has 2 amide bonds. The van der Waals surface area contributed by atoms with Crippen LogP contribution in [0.15, 0.2) is 0 Å². The quantitative estimate of drug-likeness (QED) is 0.648. The highest BCUT2D eigenvalue weighted by atomic mass is 16.4. The number of nitrogens with one attached hydrogen (secondary N) is 1. The first kappa shape index (κ1) is 10.8. The monoisotopic (exact) mass is 200 g/mol. The first-order chi connectivity index (χ1) is 6.49. The number of amides is 2. The Morgan fingerprint density at radius 2 is 1.86 bits per heavy atom. The van der Waals surface area contributed by atoms with Crippen molar-refractivity contribution in [1.29, 1.82) is 0 Å². The molecule has 0 aliphatic carbocycles. The molecule has 5 heteroatoms. The Hall–Kier alpha value is -1.26. The largest absolute Gasteiger partial charge is 0.481 e. The molecule has 0 aromatic carbocycles. The van der Waals surface area contributed by atoms with Gasteiger partial charge in [0.2, 0.25) is 0 Å². The molecule has 1 fully saturated rings. The average Bonchev–Trinajstić information content (AvgIpc) is 2.17. The lowest BCUT2D eigenvalue weighted by Crippen LogP contribution is -2.47. The fraction of sp³-hybridized carbons (Fsp3) is 0.778. The van der Waals surface area contributed by atoms with Gasteiger partial charge in [0.1, 0.15) is 0 Å². The predicted octanol–water partition coefficient (Wildman–Crippen LogP) is 0.513. The van der Waals surface area contributed by atoms with Crippen LogP contribution in [0.4, 0.5) is 4.79 Å². The molecular formula is C9H16N2O3. The molecule has 5 nitrogen and oxygen atoms in total. The summed E-state index contributed by atoms with van der Waals surface area (Å²) in [7, 11) is 1.58. The summed E-state index contributed by atoms with van der Waals surface area (Å²) in [5, 5.41) is 11.5. The Bertz CT molecular complexity index is 244. The van der Waals surface area contributed by atoms with Crippen molar-refractivity contribution in [2.45, 2.75) is 19.8 Å². The molecule has 0 spiro atoms. The molecular weight excluding hydrogens is 184 g/mol. The lowest BCUT2D eigenvalue weighted by molar-refractivity contribution is -0.150. The van der Waals surface area contributed by atoms with Crippen LogP contribution in [0.25, 0.3) is 0 Å². The second-order valence-electron chi connectivity index (χ2n) is 3.91. The van der Waals surface area contributed by atoms with E-state index in [9.17, 15) is 9.59 Å². The summed E-state index contributed by atoms with van der Waals surface area (Å²) in [4.78, 5) is 23.8. The van der Waals surface area contributed by atoms with Gasteiger partial charge in [-0.3, -0.25) is 4.79 Å². The van der Waals surface area contributed by atoms with E-state index >= 15 is 0 Å². The molecule has 0 atom stereocenters. The lowest BCUT2D eigenvalue weighted by Gasteiger charge is -2.36. The molecule has 1 saturated heterocycles. The van der Waals surface area contributed by atoms with Gasteiger partial charge in [-0.25, -0.2) is 4.79 Å². The van der Waals surface area contributed by atoms with Crippen LogP contribution in [0.5, 0.6) is 0 Å². The Kier molecular flexibility index (Phi) is 2.98. The van der Waals surface area contributed by atoms with Gasteiger partial charge in [-0.2, -0.15) is 0 Å². The molecule has 0 aromatic rings. The number of urea groups is 1. The van der Waals surface area contributed by atoms with E-state index in [-0.39, 0.29) is 6.03 Å². The molecule has 0 bridgehead atoms. The second-order valence-corrected chi connectivity index (χ2v) is 3.91. The Morgan fingerprint density at radius 3 is 2.21 bits per heavy atom. The SMILES string of the molecule is CNC(=O)N1CCC(C)(C(=O)O)CC1. The summed E-state index contributed by atoms with van der Waals surface area (Å²) in [6, 6.07) is -0.127. The molecule has 14 heavy (non-hydrogen) atoms. The molecule has 2 N–H and O–H groups in total. The number of carboxylic acids is 1. The Balaban J connectivity index is 2.54. The van der Waals surface area contributed by atoms with Gasteiger partial charge < -0.3 is 15.3 Å². The van der Waals surface area contributed by atoms with Crippen LogP contribution in [-0.2, 0) is 4.79 Å². The minimum absolute atomic E-state index is 0.127. The van der Waals surface area contributed by atoms with Crippen LogP contribution in [0.1, 0.15) is 19.8 Å². The number of carbonyl (C=O) groups excluding carboxylic acids is 1. The zero-order chi connectivity index (χ0) is 10.8. The second kappa shape index (κ2) is 3.86. The number of hydrogen-bond acceptors (Lipinski definition) is 2. The van der Waals surface area contributed by atoms with Crippen molar-refractivity contribution in [2.24, 2.45) is 5.41 Å². The number of aliphatic carboxylic acids is 1. The van der Waals surface area contributed by atoms with Crippen molar-refractivity contribution in [3.8, 4) is 0 Å². The third-order valence-electron chi connectivity index (χ3n) is 2.88. The predicted molar refractivity (Wildman–Crippen MR) is 51.0 cm³/mol. The smallest absolute Gasteiger partial charge is 0.317 e. The summed E-state index contributed by atoms with van der Waals surface area (Å²) in [5.74, 6) is -0.769. The van der Waals surface area contributed by atoms with E-state index in [4.69, 9.17) is 5.11 Å². The number of likely N-dealkylation sites (tertiary alicyclic amines) is 1. The van der Waals surface area contributed by atoms with Gasteiger partial charge in [0.15, 0.2) is 0 Å². The number of hydrogen-bond donors (Lipinski definition) is 2. The standard InChI is InChI=1S/C9H16N2O3/c1-9(7(12)13)3-5-11(6-4-9)8(14)10-2/h3-6H2,1-2H3,(H,10,14)(H,12,13). The van der Waals surface area contributed by atoms with E-state index in [1.807, 2.05) is 0 Å². The van der Waals surface area contributed by atoms with Crippen molar-refractivity contribution in [3.63, 3.8) is 0 Å². The third-order valence-corrected chi connectivity index (χ3v) is 2.88. The molecule has 1 rings (SSSR count). The summed E-state index contributed by atoms with van der Waals surface area (Å²) >= 11 is 0. The topological polar surface area (TPSA) is 69.6 Å². The third kappa shape index (κ3) is 1.97. The van der Waals surface area contributed by atoms with Crippen molar-refractivity contribution in [1.82, 2.24) is 10.2 Å². The summed E-state index contributed by atoms with van der Waals surface area (Å²) < 4.78 is 0.